The Labute approximate surface area is 90.5 Å². The lowest BCUT2D eigenvalue weighted by Gasteiger charge is -2.34. The van der Waals surface area contributed by atoms with Gasteiger partial charge in [0.15, 0.2) is 0 Å². The maximum atomic E-state index is 11.6. The average molecular weight is 298 g/mol. The van der Waals surface area contributed by atoms with Crippen LogP contribution in [0.3, 0.4) is 0 Å². The van der Waals surface area contributed by atoms with E-state index in [-0.39, 0.29) is 4.32 Å². The number of ketones is 1. The minimum Gasteiger partial charge on any atom is -0.298 e. The first-order valence-corrected chi connectivity index (χ1v) is 6.18. The van der Waals surface area contributed by atoms with Gasteiger partial charge in [0.05, 0.1) is 4.32 Å². The SMILES string of the molecule is CCC(=O)C1(Br)CCCCC1Br. The Morgan fingerprint density at radius 3 is 2.75 bits per heavy atom. The van der Waals surface area contributed by atoms with E-state index in [0.717, 1.165) is 12.8 Å². The van der Waals surface area contributed by atoms with E-state index in [1.54, 1.807) is 0 Å². The molecule has 0 aromatic rings. The van der Waals surface area contributed by atoms with E-state index in [1.165, 1.54) is 12.8 Å². The third-order valence-corrected chi connectivity index (χ3v) is 5.77. The second-order valence-corrected chi connectivity index (χ2v) is 5.87. The molecule has 1 nitrogen and oxygen atoms in total. The third kappa shape index (κ3) is 1.92. The van der Waals surface area contributed by atoms with Crippen LogP contribution in [-0.4, -0.2) is 14.9 Å². The summed E-state index contributed by atoms with van der Waals surface area (Å²) in [6.45, 7) is 1.93. The molecule has 1 aliphatic rings. The van der Waals surface area contributed by atoms with Crippen LogP contribution < -0.4 is 0 Å². The number of halogens is 2. The Morgan fingerprint density at radius 2 is 2.25 bits per heavy atom. The lowest BCUT2D eigenvalue weighted by atomic mass is 9.85. The summed E-state index contributed by atoms with van der Waals surface area (Å²) < 4.78 is -0.264. The molecule has 2 atom stereocenters. The maximum absolute atomic E-state index is 11.6. The molecule has 0 radical (unpaired) electrons. The van der Waals surface area contributed by atoms with Crippen molar-refractivity contribution in [3.63, 3.8) is 0 Å². The van der Waals surface area contributed by atoms with Gasteiger partial charge in [-0.15, -0.1) is 0 Å². The van der Waals surface area contributed by atoms with Crippen LogP contribution in [0.5, 0.6) is 0 Å². The van der Waals surface area contributed by atoms with Crippen LogP contribution in [0.25, 0.3) is 0 Å². The van der Waals surface area contributed by atoms with Gasteiger partial charge in [0.25, 0.3) is 0 Å². The molecular weight excluding hydrogens is 284 g/mol. The highest BCUT2D eigenvalue weighted by Crippen LogP contribution is 2.41. The second kappa shape index (κ2) is 4.23. The first-order chi connectivity index (χ1) is 5.61. The molecular formula is C9H14Br2O. The van der Waals surface area contributed by atoms with Crippen LogP contribution >= 0.6 is 31.9 Å². The monoisotopic (exact) mass is 296 g/mol. The molecule has 0 aliphatic heterocycles. The van der Waals surface area contributed by atoms with Gasteiger partial charge in [-0.25, -0.2) is 0 Å². The Hall–Kier alpha value is 0.630. The Kier molecular flexibility index (Phi) is 3.77. The molecule has 0 saturated heterocycles. The number of Topliss-reactive ketones (excluding diaryl/α,β-unsaturated/α-hetero) is 1. The fraction of sp³-hybridized carbons (Fsp3) is 0.889. The van der Waals surface area contributed by atoms with Crippen molar-refractivity contribution >= 4 is 37.6 Å². The van der Waals surface area contributed by atoms with Crippen LogP contribution in [0.15, 0.2) is 0 Å². The lowest BCUT2D eigenvalue weighted by Crippen LogP contribution is -2.42. The summed E-state index contributed by atoms with van der Waals surface area (Å²) in [6.07, 6.45) is 5.12. The second-order valence-electron chi connectivity index (χ2n) is 3.35. The van der Waals surface area contributed by atoms with Crippen molar-refractivity contribution in [3.8, 4) is 0 Å². The fourth-order valence-corrected chi connectivity index (χ4v) is 3.30. The molecule has 0 aromatic heterocycles. The summed E-state index contributed by atoms with van der Waals surface area (Å²) in [5.74, 6) is 0.337. The van der Waals surface area contributed by atoms with Gasteiger partial charge in [-0.3, -0.25) is 4.79 Å². The highest BCUT2D eigenvalue weighted by Gasteiger charge is 2.42. The molecule has 0 spiro atoms. The van der Waals surface area contributed by atoms with Crippen molar-refractivity contribution < 1.29 is 4.79 Å². The number of alkyl halides is 2. The molecule has 1 rings (SSSR count). The quantitative estimate of drug-likeness (QED) is 0.714. The van der Waals surface area contributed by atoms with E-state index in [0.29, 0.717) is 17.0 Å². The first-order valence-electron chi connectivity index (χ1n) is 4.47. The van der Waals surface area contributed by atoms with Gasteiger partial charge in [0.1, 0.15) is 5.78 Å². The molecule has 0 N–H and O–H groups in total. The Morgan fingerprint density at radius 1 is 1.58 bits per heavy atom. The third-order valence-electron chi connectivity index (χ3n) is 2.53. The first kappa shape index (κ1) is 10.7. The van der Waals surface area contributed by atoms with Gasteiger partial charge < -0.3 is 0 Å². The summed E-state index contributed by atoms with van der Waals surface area (Å²) in [5, 5.41) is 0. The summed E-state index contributed by atoms with van der Waals surface area (Å²) in [5.41, 5.74) is 0. The van der Waals surface area contributed by atoms with Gasteiger partial charge in [0, 0.05) is 11.2 Å². The maximum Gasteiger partial charge on any atom is 0.150 e. The van der Waals surface area contributed by atoms with Crippen LogP contribution in [0.4, 0.5) is 0 Å². The number of rotatable bonds is 2. The molecule has 0 heterocycles. The van der Waals surface area contributed by atoms with E-state index in [1.807, 2.05) is 6.92 Å². The predicted octanol–water partition coefficient (Wildman–Crippen LogP) is 3.44. The molecule has 1 saturated carbocycles. The summed E-state index contributed by atoms with van der Waals surface area (Å²) in [6, 6.07) is 0. The Balaban J connectivity index is 2.72. The normalized spacial score (nSPS) is 36.4. The Bertz CT molecular complexity index is 181. The summed E-state index contributed by atoms with van der Waals surface area (Å²) in [7, 11) is 0. The van der Waals surface area contributed by atoms with E-state index < -0.39 is 0 Å². The molecule has 0 amide bonds. The van der Waals surface area contributed by atoms with Crippen LogP contribution in [0.1, 0.15) is 39.0 Å². The van der Waals surface area contributed by atoms with E-state index in [9.17, 15) is 4.79 Å². The minimum absolute atomic E-state index is 0.264. The highest BCUT2D eigenvalue weighted by molar-refractivity contribution is 9.12. The molecule has 0 bridgehead atoms. The van der Waals surface area contributed by atoms with E-state index >= 15 is 0 Å². The minimum atomic E-state index is -0.264. The molecule has 2 unspecified atom stereocenters. The zero-order valence-electron chi connectivity index (χ0n) is 7.28. The standard InChI is InChI=1S/C9H14Br2O/c1-2-8(12)9(11)6-4-3-5-7(9)10/h7H,2-6H2,1H3. The van der Waals surface area contributed by atoms with Gasteiger partial charge >= 0.3 is 0 Å². The van der Waals surface area contributed by atoms with E-state index in [4.69, 9.17) is 0 Å². The number of hydrogen-bond acceptors (Lipinski definition) is 1. The molecule has 0 aromatic carbocycles. The topological polar surface area (TPSA) is 17.1 Å². The molecule has 12 heavy (non-hydrogen) atoms. The molecule has 1 fully saturated rings. The van der Waals surface area contributed by atoms with Gasteiger partial charge in [0.2, 0.25) is 0 Å². The van der Waals surface area contributed by atoms with Crippen LogP contribution in [0, 0.1) is 0 Å². The van der Waals surface area contributed by atoms with Gasteiger partial charge in [-0.05, 0) is 12.8 Å². The van der Waals surface area contributed by atoms with Crippen molar-refractivity contribution in [1.29, 1.82) is 0 Å². The van der Waals surface area contributed by atoms with Gasteiger partial charge in [-0.2, -0.15) is 0 Å². The highest BCUT2D eigenvalue weighted by atomic mass is 79.9. The van der Waals surface area contributed by atoms with Crippen molar-refractivity contribution in [2.45, 2.75) is 48.2 Å². The number of carbonyl (C=O) groups is 1. The van der Waals surface area contributed by atoms with Crippen LogP contribution in [-0.2, 0) is 4.79 Å². The zero-order valence-corrected chi connectivity index (χ0v) is 10.4. The van der Waals surface area contributed by atoms with E-state index in [2.05, 4.69) is 31.9 Å². The van der Waals surface area contributed by atoms with Crippen molar-refractivity contribution in [1.82, 2.24) is 0 Å². The molecule has 3 heteroatoms. The zero-order chi connectivity index (χ0) is 9.19. The summed E-state index contributed by atoms with van der Waals surface area (Å²) >= 11 is 7.17. The lowest BCUT2D eigenvalue weighted by molar-refractivity contribution is -0.121. The molecule has 1 aliphatic carbocycles. The van der Waals surface area contributed by atoms with Crippen molar-refractivity contribution in [3.05, 3.63) is 0 Å². The van der Waals surface area contributed by atoms with Crippen molar-refractivity contribution in [2.75, 3.05) is 0 Å². The average Bonchev–Trinajstić information content (AvgIpc) is 2.09. The van der Waals surface area contributed by atoms with Crippen LogP contribution in [0.2, 0.25) is 0 Å². The predicted molar refractivity (Wildman–Crippen MR) is 58.1 cm³/mol. The van der Waals surface area contributed by atoms with Crippen molar-refractivity contribution in [2.24, 2.45) is 0 Å². The fourth-order valence-electron chi connectivity index (χ4n) is 1.70. The number of hydrogen-bond donors (Lipinski definition) is 0. The smallest absolute Gasteiger partial charge is 0.150 e. The molecule has 70 valence electrons. The summed E-state index contributed by atoms with van der Waals surface area (Å²) in [4.78, 5) is 11.9. The largest absolute Gasteiger partial charge is 0.298 e. The van der Waals surface area contributed by atoms with Gasteiger partial charge in [-0.1, -0.05) is 51.6 Å². The number of carbonyl (C=O) groups excluding carboxylic acids is 1.